The molecule has 5 heteroatoms. The molecule has 0 aliphatic rings. The molecule has 0 saturated carbocycles. The molecule has 0 bridgehead atoms. The average molecular weight is 224 g/mol. The lowest BCUT2D eigenvalue weighted by Crippen LogP contribution is -2.03. The van der Waals surface area contributed by atoms with Crippen molar-refractivity contribution in [2.45, 2.75) is 38.9 Å². The van der Waals surface area contributed by atoms with E-state index in [-0.39, 0.29) is 13.2 Å². The molecule has 94 valence electrons. The van der Waals surface area contributed by atoms with Crippen LogP contribution in [0.3, 0.4) is 0 Å². The van der Waals surface area contributed by atoms with Gasteiger partial charge in [-0.05, 0) is 12.8 Å². The minimum atomic E-state index is -1.10. The third-order valence-corrected chi connectivity index (χ3v) is 1.54. The lowest BCUT2D eigenvalue weighted by Gasteiger charge is -1.99. The molecule has 0 amide bonds. The zero-order chi connectivity index (χ0) is 11.9. The standard InChI is InChI=1S/C6H14O2.C4H10O3/c1-2-3-4-5-6(7)8;5-1-3-7-4-2-6/h6-8H,2-5H2,1H3;5-6H,1-4H2. The predicted octanol–water partition coefficient (Wildman–Crippen LogP) is -0.135. The van der Waals surface area contributed by atoms with Gasteiger partial charge in [-0.25, -0.2) is 0 Å². The third-order valence-electron chi connectivity index (χ3n) is 1.54. The van der Waals surface area contributed by atoms with Gasteiger partial charge in [0.2, 0.25) is 0 Å². The van der Waals surface area contributed by atoms with Crippen LogP contribution in [0.25, 0.3) is 0 Å². The maximum absolute atomic E-state index is 8.33. The van der Waals surface area contributed by atoms with Crippen molar-refractivity contribution < 1.29 is 25.2 Å². The molecule has 0 fully saturated rings. The lowest BCUT2D eigenvalue weighted by molar-refractivity contribution is -0.0465. The number of ether oxygens (including phenoxy) is 1. The van der Waals surface area contributed by atoms with Crippen LogP contribution in [-0.4, -0.2) is 53.1 Å². The fraction of sp³-hybridized carbons (Fsp3) is 1.00. The summed E-state index contributed by atoms with van der Waals surface area (Å²) in [5.74, 6) is 0. The summed E-state index contributed by atoms with van der Waals surface area (Å²) in [5.41, 5.74) is 0. The first-order valence-electron chi connectivity index (χ1n) is 5.34. The zero-order valence-electron chi connectivity index (χ0n) is 9.43. The summed E-state index contributed by atoms with van der Waals surface area (Å²) in [5, 5.41) is 32.8. The second-order valence-corrected chi connectivity index (χ2v) is 3.04. The van der Waals surface area contributed by atoms with Crippen molar-refractivity contribution in [2.75, 3.05) is 26.4 Å². The molecule has 0 unspecified atom stereocenters. The Hall–Kier alpha value is -0.200. The van der Waals surface area contributed by atoms with E-state index in [0.717, 1.165) is 19.3 Å². The molecule has 4 N–H and O–H groups in total. The maximum atomic E-state index is 8.33. The minimum absolute atomic E-state index is 0.0278. The fourth-order valence-electron chi connectivity index (χ4n) is 0.808. The van der Waals surface area contributed by atoms with Gasteiger partial charge in [0, 0.05) is 0 Å². The van der Waals surface area contributed by atoms with Gasteiger partial charge in [-0.2, -0.15) is 0 Å². The quantitative estimate of drug-likeness (QED) is 0.340. The molecule has 0 aliphatic heterocycles. The van der Waals surface area contributed by atoms with Gasteiger partial charge in [-0.3, -0.25) is 0 Å². The first kappa shape index (κ1) is 17.2. The largest absolute Gasteiger partial charge is 0.394 e. The molecule has 0 rings (SSSR count). The van der Waals surface area contributed by atoms with Crippen LogP contribution in [0.4, 0.5) is 0 Å². The fourth-order valence-corrected chi connectivity index (χ4v) is 0.808. The molecule has 0 radical (unpaired) electrons. The Morgan fingerprint density at radius 1 is 1.00 bits per heavy atom. The van der Waals surface area contributed by atoms with E-state index in [1.807, 2.05) is 0 Å². The van der Waals surface area contributed by atoms with Crippen LogP contribution >= 0.6 is 0 Å². The summed E-state index contributed by atoms with van der Waals surface area (Å²) in [6, 6.07) is 0. The normalized spacial score (nSPS) is 10.0. The van der Waals surface area contributed by atoms with Crippen molar-refractivity contribution in [1.82, 2.24) is 0 Å². The summed E-state index contributed by atoms with van der Waals surface area (Å²) < 4.78 is 4.63. The number of aliphatic hydroxyl groups excluding tert-OH is 3. The van der Waals surface area contributed by atoms with Crippen molar-refractivity contribution in [3.63, 3.8) is 0 Å². The van der Waals surface area contributed by atoms with Gasteiger partial charge in [0.15, 0.2) is 6.29 Å². The molecule has 15 heavy (non-hydrogen) atoms. The second-order valence-electron chi connectivity index (χ2n) is 3.04. The van der Waals surface area contributed by atoms with E-state index in [1.54, 1.807) is 0 Å². The lowest BCUT2D eigenvalue weighted by atomic mass is 10.2. The number of hydrogen-bond donors (Lipinski definition) is 4. The van der Waals surface area contributed by atoms with Gasteiger partial charge in [0.05, 0.1) is 26.4 Å². The van der Waals surface area contributed by atoms with Crippen LogP contribution in [0.5, 0.6) is 0 Å². The molecule has 0 aromatic rings. The Kier molecular flexibility index (Phi) is 18.6. The van der Waals surface area contributed by atoms with E-state index in [4.69, 9.17) is 20.4 Å². The first-order valence-corrected chi connectivity index (χ1v) is 5.34. The topological polar surface area (TPSA) is 90.2 Å². The Morgan fingerprint density at radius 2 is 1.53 bits per heavy atom. The van der Waals surface area contributed by atoms with Crippen LogP contribution in [0.1, 0.15) is 32.6 Å². The van der Waals surface area contributed by atoms with Crippen molar-refractivity contribution in [3.8, 4) is 0 Å². The van der Waals surface area contributed by atoms with Crippen LogP contribution in [0.15, 0.2) is 0 Å². The Labute approximate surface area is 91.3 Å². The maximum Gasteiger partial charge on any atom is 0.151 e. The van der Waals surface area contributed by atoms with E-state index in [9.17, 15) is 0 Å². The van der Waals surface area contributed by atoms with Gasteiger partial charge >= 0.3 is 0 Å². The van der Waals surface area contributed by atoms with E-state index in [0.29, 0.717) is 19.6 Å². The van der Waals surface area contributed by atoms with E-state index >= 15 is 0 Å². The van der Waals surface area contributed by atoms with Crippen LogP contribution in [-0.2, 0) is 4.74 Å². The number of hydrogen-bond acceptors (Lipinski definition) is 5. The van der Waals surface area contributed by atoms with Crippen molar-refractivity contribution in [2.24, 2.45) is 0 Å². The molecular weight excluding hydrogens is 200 g/mol. The van der Waals surface area contributed by atoms with Crippen LogP contribution in [0, 0.1) is 0 Å². The van der Waals surface area contributed by atoms with E-state index < -0.39 is 6.29 Å². The summed E-state index contributed by atoms with van der Waals surface area (Å²) >= 11 is 0. The minimum Gasteiger partial charge on any atom is -0.394 e. The molecular formula is C10H24O5. The molecule has 0 aliphatic carbocycles. The number of rotatable bonds is 8. The predicted molar refractivity (Wildman–Crippen MR) is 57.4 cm³/mol. The highest BCUT2D eigenvalue weighted by Gasteiger charge is 1.93. The molecule has 0 heterocycles. The molecule has 0 spiro atoms. The van der Waals surface area contributed by atoms with Crippen molar-refractivity contribution >= 4 is 0 Å². The van der Waals surface area contributed by atoms with Crippen molar-refractivity contribution in [3.05, 3.63) is 0 Å². The highest BCUT2D eigenvalue weighted by molar-refractivity contribution is 4.40. The molecule has 0 aromatic heterocycles. The first-order chi connectivity index (χ1) is 7.18. The molecule has 0 saturated heterocycles. The number of unbranched alkanes of at least 4 members (excludes halogenated alkanes) is 2. The van der Waals surface area contributed by atoms with Crippen LogP contribution in [0.2, 0.25) is 0 Å². The summed E-state index contributed by atoms with van der Waals surface area (Å²) in [7, 11) is 0. The average Bonchev–Trinajstić information content (AvgIpc) is 2.20. The van der Waals surface area contributed by atoms with Gasteiger partial charge in [0.1, 0.15) is 0 Å². The molecule has 0 aromatic carbocycles. The molecule has 5 nitrogen and oxygen atoms in total. The SMILES string of the molecule is CCCCCC(O)O.OCCOCCO. The summed E-state index contributed by atoms with van der Waals surface area (Å²) in [6.07, 6.45) is 2.58. The van der Waals surface area contributed by atoms with E-state index in [1.165, 1.54) is 0 Å². The highest BCUT2D eigenvalue weighted by atomic mass is 16.5. The summed E-state index contributed by atoms with van der Waals surface area (Å²) in [4.78, 5) is 0. The van der Waals surface area contributed by atoms with Gasteiger partial charge < -0.3 is 25.2 Å². The van der Waals surface area contributed by atoms with E-state index in [2.05, 4.69) is 11.7 Å². The van der Waals surface area contributed by atoms with Gasteiger partial charge in [-0.15, -0.1) is 0 Å². The Morgan fingerprint density at radius 3 is 1.87 bits per heavy atom. The van der Waals surface area contributed by atoms with Gasteiger partial charge in [-0.1, -0.05) is 19.8 Å². The Bertz CT molecular complexity index is 93.8. The smallest absolute Gasteiger partial charge is 0.151 e. The Balaban J connectivity index is 0. The van der Waals surface area contributed by atoms with Crippen LogP contribution < -0.4 is 0 Å². The van der Waals surface area contributed by atoms with Gasteiger partial charge in [0.25, 0.3) is 0 Å². The second kappa shape index (κ2) is 16.2. The molecule has 0 atom stereocenters. The third kappa shape index (κ3) is 24.8. The van der Waals surface area contributed by atoms with Crippen molar-refractivity contribution in [1.29, 1.82) is 0 Å². The monoisotopic (exact) mass is 224 g/mol. The summed E-state index contributed by atoms with van der Waals surface area (Å²) in [6.45, 7) is 2.78. The highest BCUT2D eigenvalue weighted by Crippen LogP contribution is 1.99. The number of aliphatic hydroxyl groups is 4. The zero-order valence-corrected chi connectivity index (χ0v) is 9.43.